The Morgan fingerprint density at radius 3 is 2.38 bits per heavy atom. The molecular formula is C23H15F3N4O2. The largest absolute Gasteiger partial charge is 0.450 e. The van der Waals surface area contributed by atoms with Gasteiger partial charge in [-0.3, -0.25) is 9.89 Å². The third-order valence-electron chi connectivity index (χ3n) is 5.70. The molecule has 5 rings (SSSR count). The van der Waals surface area contributed by atoms with Gasteiger partial charge >= 0.3 is 11.7 Å². The summed E-state index contributed by atoms with van der Waals surface area (Å²) < 4.78 is 45.6. The number of aromatic amines is 1. The average molecular weight is 436 g/mol. The quantitative estimate of drug-likeness (QED) is 0.499. The Balaban J connectivity index is 1.59. The van der Waals surface area contributed by atoms with E-state index in [4.69, 9.17) is 4.74 Å². The lowest BCUT2D eigenvalue weighted by molar-refractivity contribution is -0.137. The van der Waals surface area contributed by atoms with Gasteiger partial charge in [-0.05, 0) is 42.7 Å². The monoisotopic (exact) mass is 436 g/mol. The van der Waals surface area contributed by atoms with Crippen molar-refractivity contribution in [3.05, 3.63) is 93.5 Å². The number of alkyl halides is 3. The summed E-state index contributed by atoms with van der Waals surface area (Å²) in [4.78, 5) is 17.2. The summed E-state index contributed by atoms with van der Waals surface area (Å²) in [5.74, 6) is 0.437. The minimum absolute atomic E-state index is 0.0228. The van der Waals surface area contributed by atoms with E-state index in [2.05, 4.69) is 16.2 Å². The van der Waals surface area contributed by atoms with Crippen molar-refractivity contribution in [2.75, 3.05) is 0 Å². The molecule has 2 aromatic carbocycles. The van der Waals surface area contributed by atoms with Crippen molar-refractivity contribution in [2.24, 2.45) is 0 Å². The number of nitrogens with one attached hydrogen (secondary N) is 1. The van der Waals surface area contributed by atoms with Crippen molar-refractivity contribution in [3.63, 3.8) is 0 Å². The van der Waals surface area contributed by atoms with Gasteiger partial charge in [-0.1, -0.05) is 30.3 Å². The van der Waals surface area contributed by atoms with E-state index in [-0.39, 0.29) is 17.0 Å². The number of aromatic nitrogens is 3. The molecule has 0 atom stereocenters. The second-order valence-corrected chi connectivity index (χ2v) is 7.63. The molecule has 0 aliphatic heterocycles. The van der Waals surface area contributed by atoms with Gasteiger partial charge in [-0.25, -0.2) is 4.98 Å². The standard InChI is InChI=1S/C23H15F3N4O2/c24-23(25,26)15-8-6-14(7-9-15)22(10-11-22)19-17(12-27)20-28-13-18(21(31)30(20)29-19)32-16-4-2-1-3-5-16/h1-9,13,29H,10-11H2. The fraction of sp³-hybridized carbons (Fsp3) is 0.174. The summed E-state index contributed by atoms with van der Waals surface area (Å²) in [6.07, 6.45) is -1.91. The Labute approximate surface area is 179 Å². The third kappa shape index (κ3) is 3.12. The van der Waals surface area contributed by atoms with Crippen LogP contribution in [-0.2, 0) is 11.6 Å². The smallest absolute Gasteiger partial charge is 0.416 e. The first kappa shape index (κ1) is 19.9. The molecule has 0 saturated heterocycles. The summed E-state index contributed by atoms with van der Waals surface area (Å²) in [7, 11) is 0. The lowest BCUT2D eigenvalue weighted by Gasteiger charge is -2.15. The van der Waals surface area contributed by atoms with Crippen LogP contribution in [0.25, 0.3) is 5.65 Å². The molecule has 0 radical (unpaired) electrons. The number of ether oxygens (including phenoxy) is 1. The normalized spacial score (nSPS) is 14.8. The van der Waals surface area contributed by atoms with Gasteiger partial charge in [0.25, 0.3) is 0 Å². The van der Waals surface area contributed by atoms with E-state index in [1.807, 2.05) is 6.07 Å². The molecule has 1 aliphatic rings. The maximum atomic E-state index is 13.0. The van der Waals surface area contributed by atoms with Gasteiger partial charge in [0.15, 0.2) is 5.65 Å². The van der Waals surface area contributed by atoms with E-state index in [0.29, 0.717) is 29.8 Å². The van der Waals surface area contributed by atoms with Crippen molar-refractivity contribution in [3.8, 4) is 17.6 Å². The van der Waals surface area contributed by atoms with E-state index in [1.165, 1.54) is 18.3 Å². The predicted molar refractivity (Wildman–Crippen MR) is 109 cm³/mol. The summed E-state index contributed by atoms with van der Waals surface area (Å²) in [6.45, 7) is 0. The van der Waals surface area contributed by atoms with Crippen molar-refractivity contribution >= 4 is 5.65 Å². The summed E-state index contributed by atoms with van der Waals surface area (Å²) >= 11 is 0. The molecular weight excluding hydrogens is 421 g/mol. The second-order valence-electron chi connectivity index (χ2n) is 7.63. The van der Waals surface area contributed by atoms with E-state index < -0.39 is 22.7 Å². The molecule has 32 heavy (non-hydrogen) atoms. The van der Waals surface area contributed by atoms with Gasteiger partial charge in [-0.2, -0.15) is 22.9 Å². The number of fused-ring (bicyclic) bond motifs is 1. The van der Waals surface area contributed by atoms with Crippen molar-refractivity contribution in [2.45, 2.75) is 24.4 Å². The van der Waals surface area contributed by atoms with E-state index in [0.717, 1.165) is 16.6 Å². The van der Waals surface area contributed by atoms with Gasteiger partial charge < -0.3 is 4.74 Å². The van der Waals surface area contributed by atoms with Crippen LogP contribution in [0.15, 0.2) is 65.6 Å². The average Bonchev–Trinajstić information content (AvgIpc) is 3.50. The Morgan fingerprint density at radius 2 is 1.78 bits per heavy atom. The minimum Gasteiger partial charge on any atom is -0.450 e. The topological polar surface area (TPSA) is 83.2 Å². The van der Waals surface area contributed by atoms with Crippen LogP contribution in [-0.4, -0.2) is 14.6 Å². The van der Waals surface area contributed by atoms with Crippen LogP contribution in [0.4, 0.5) is 13.2 Å². The molecule has 6 nitrogen and oxygen atoms in total. The molecule has 0 amide bonds. The molecule has 1 fully saturated rings. The summed E-state index contributed by atoms with van der Waals surface area (Å²) in [6, 6.07) is 15.7. The zero-order chi connectivity index (χ0) is 22.5. The minimum atomic E-state index is -4.43. The van der Waals surface area contributed by atoms with Crippen LogP contribution < -0.4 is 10.3 Å². The zero-order valence-electron chi connectivity index (χ0n) is 16.5. The highest BCUT2D eigenvalue weighted by Crippen LogP contribution is 2.54. The maximum absolute atomic E-state index is 13.0. The first-order chi connectivity index (χ1) is 15.3. The van der Waals surface area contributed by atoms with Crippen LogP contribution in [0.3, 0.4) is 0 Å². The third-order valence-corrected chi connectivity index (χ3v) is 5.70. The molecule has 1 aliphatic carbocycles. The van der Waals surface area contributed by atoms with Crippen LogP contribution >= 0.6 is 0 Å². The van der Waals surface area contributed by atoms with Crippen molar-refractivity contribution in [1.82, 2.24) is 14.6 Å². The first-order valence-corrected chi connectivity index (χ1v) is 9.78. The van der Waals surface area contributed by atoms with Crippen LogP contribution in [0.5, 0.6) is 11.5 Å². The molecule has 0 bridgehead atoms. The molecule has 0 spiro atoms. The van der Waals surface area contributed by atoms with E-state index in [1.54, 1.807) is 24.3 Å². The predicted octanol–water partition coefficient (Wildman–Crippen LogP) is 4.79. The van der Waals surface area contributed by atoms with E-state index in [9.17, 15) is 23.2 Å². The number of rotatable bonds is 4. The van der Waals surface area contributed by atoms with Gasteiger partial charge in [0.05, 0.1) is 17.5 Å². The van der Waals surface area contributed by atoms with Crippen LogP contribution in [0, 0.1) is 11.3 Å². The first-order valence-electron chi connectivity index (χ1n) is 9.78. The number of nitriles is 1. The zero-order valence-corrected chi connectivity index (χ0v) is 16.5. The van der Waals surface area contributed by atoms with Gasteiger partial charge in [0.1, 0.15) is 17.4 Å². The number of hydrogen-bond acceptors (Lipinski definition) is 4. The molecule has 2 aromatic heterocycles. The van der Waals surface area contributed by atoms with Gasteiger partial charge in [0, 0.05) is 5.41 Å². The molecule has 9 heteroatoms. The number of halogens is 3. The molecule has 1 saturated carbocycles. The van der Waals surface area contributed by atoms with Crippen LogP contribution in [0.1, 0.15) is 35.2 Å². The van der Waals surface area contributed by atoms with Crippen molar-refractivity contribution < 1.29 is 17.9 Å². The Bertz CT molecular complexity index is 1410. The number of para-hydroxylation sites is 1. The highest BCUT2D eigenvalue weighted by atomic mass is 19.4. The van der Waals surface area contributed by atoms with Crippen LogP contribution in [0.2, 0.25) is 0 Å². The summed E-state index contributed by atoms with van der Waals surface area (Å²) in [5, 5.41) is 12.8. The highest BCUT2D eigenvalue weighted by Gasteiger charge is 2.49. The highest BCUT2D eigenvalue weighted by molar-refractivity contribution is 5.63. The fourth-order valence-electron chi connectivity index (χ4n) is 3.92. The number of benzene rings is 2. The lowest BCUT2D eigenvalue weighted by Crippen LogP contribution is -2.17. The number of H-pyrrole nitrogens is 1. The maximum Gasteiger partial charge on any atom is 0.416 e. The molecule has 1 N–H and O–H groups in total. The molecule has 2 heterocycles. The second kappa shape index (κ2) is 6.99. The Hall–Kier alpha value is -4.06. The molecule has 160 valence electrons. The fourth-order valence-corrected chi connectivity index (χ4v) is 3.92. The number of nitrogens with zero attached hydrogens (tertiary/aromatic N) is 3. The lowest BCUT2D eigenvalue weighted by atomic mass is 9.89. The van der Waals surface area contributed by atoms with Gasteiger partial charge in [-0.15, -0.1) is 0 Å². The summed E-state index contributed by atoms with van der Waals surface area (Å²) in [5.41, 5.74) is -0.504. The molecule has 4 aromatic rings. The SMILES string of the molecule is N#Cc1c(C2(c3ccc(C(F)(F)F)cc3)CC2)[nH]n2c(=O)c(Oc3ccccc3)cnc12. The molecule has 0 unspecified atom stereocenters. The number of hydrogen-bond donors (Lipinski definition) is 1. The van der Waals surface area contributed by atoms with Gasteiger partial charge in [0.2, 0.25) is 5.75 Å². The van der Waals surface area contributed by atoms with Crippen molar-refractivity contribution in [1.29, 1.82) is 5.26 Å². The Kier molecular flexibility index (Phi) is 4.34. The Morgan fingerprint density at radius 1 is 1.09 bits per heavy atom. The van der Waals surface area contributed by atoms with E-state index >= 15 is 0 Å².